The normalized spacial score (nSPS) is 13.9. The molecule has 2 aromatic heterocycles. The standard InChI is InChI=1S/C14H11N3/c1-2-8-17-9-11-10(13(17)3-1)4-5-12-14(11)16-7-6-15-12/h1-6,8-9,16H,7H2. The molecule has 0 aliphatic carbocycles. The van der Waals surface area contributed by atoms with Crippen LogP contribution in [0.1, 0.15) is 0 Å². The first-order valence-electron chi connectivity index (χ1n) is 5.72. The van der Waals surface area contributed by atoms with Gasteiger partial charge in [-0.2, -0.15) is 0 Å². The van der Waals surface area contributed by atoms with E-state index in [0.717, 1.165) is 17.9 Å². The quantitative estimate of drug-likeness (QED) is 0.620. The zero-order chi connectivity index (χ0) is 11.2. The highest BCUT2D eigenvalue weighted by atomic mass is 15.0. The number of fused-ring (bicyclic) bond motifs is 5. The first-order valence-corrected chi connectivity index (χ1v) is 5.72. The highest BCUT2D eigenvalue weighted by Crippen LogP contribution is 2.37. The SMILES string of the molecule is C1=Nc2ccc3c(cn4ccccc34)c2NC1. The van der Waals surface area contributed by atoms with Crippen molar-refractivity contribution in [3.8, 4) is 0 Å². The molecule has 1 aliphatic rings. The molecule has 3 heterocycles. The molecule has 0 saturated carbocycles. The molecule has 1 aromatic carbocycles. The van der Waals surface area contributed by atoms with E-state index in [9.17, 15) is 0 Å². The fourth-order valence-corrected chi connectivity index (χ4v) is 2.49. The smallest absolute Gasteiger partial charge is 0.0865 e. The topological polar surface area (TPSA) is 28.8 Å². The molecule has 4 rings (SSSR count). The van der Waals surface area contributed by atoms with E-state index in [1.807, 2.05) is 12.3 Å². The van der Waals surface area contributed by atoms with Crippen LogP contribution in [0.3, 0.4) is 0 Å². The van der Waals surface area contributed by atoms with Crippen LogP contribution in [0.2, 0.25) is 0 Å². The number of aliphatic imine (C=N–C) groups is 1. The molecule has 0 amide bonds. The van der Waals surface area contributed by atoms with Crippen molar-refractivity contribution in [3.05, 3.63) is 42.7 Å². The minimum absolute atomic E-state index is 0.804. The lowest BCUT2D eigenvalue weighted by Gasteiger charge is -2.12. The summed E-state index contributed by atoms with van der Waals surface area (Å²) < 4.78 is 2.16. The van der Waals surface area contributed by atoms with Crippen LogP contribution in [0.5, 0.6) is 0 Å². The minimum Gasteiger partial charge on any atom is -0.378 e. The summed E-state index contributed by atoms with van der Waals surface area (Å²) in [6.07, 6.45) is 6.15. The van der Waals surface area contributed by atoms with Crippen LogP contribution >= 0.6 is 0 Å². The summed E-state index contributed by atoms with van der Waals surface area (Å²) in [7, 11) is 0. The van der Waals surface area contributed by atoms with Crippen molar-refractivity contribution in [1.29, 1.82) is 0 Å². The Bertz CT molecular complexity index is 753. The van der Waals surface area contributed by atoms with Gasteiger partial charge in [0.2, 0.25) is 0 Å². The number of hydrogen-bond donors (Lipinski definition) is 1. The number of nitrogens with one attached hydrogen (secondary N) is 1. The van der Waals surface area contributed by atoms with E-state index in [1.165, 1.54) is 16.3 Å². The number of aromatic nitrogens is 1. The van der Waals surface area contributed by atoms with E-state index < -0.39 is 0 Å². The molecule has 1 N–H and O–H groups in total. The Morgan fingerprint density at radius 3 is 3.12 bits per heavy atom. The lowest BCUT2D eigenvalue weighted by molar-refractivity contribution is 1.21. The molecule has 0 radical (unpaired) electrons. The van der Waals surface area contributed by atoms with Crippen molar-refractivity contribution >= 4 is 33.9 Å². The third kappa shape index (κ3) is 1.13. The summed E-state index contributed by atoms with van der Waals surface area (Å²) in [5.41, 5.74) is 3.41. The van der Waals surface area contributed by atoms with Gasteiger partial charge in [-0.3, -0.25) is 4.99 Å². The molecule has 0 spiro atoms. The van der Waals surface area contributed by atoms with Gasteiger partial charge in [-0.05, 0) is 24.3 Å². The molecule has 0 bridgehead atoms. The van der Waals surface area contributed by atoms with Crippen LogP contribution in [0.25, 0.3) is 16.3 Å². The maximum absolute atomic E-state index is 4.42. The van der Waals surface area contributed by atoms with Gasteiger partial charge < -0.3 is 9.72 Å². The third-order valence-corrected chi connectivity index (χ3v) is 3.26. The maximum Gasteiger partial charge on any atom is 0.0865 e. The maximum atomic E-state index is 4.42. The molecule has 82 valence electrons. The van der Waals surface area contributed by atoms with Crippen LogP contribution in [-0.4, -0.2) is 17.2 Å². The van der Waals surface area contributed by atoms with Crippen LogP contribution in [0.15, 0.2) is 47.7 Å². The number of anilines is 1. The van der Waals surface area contributed by atoms with E-state index in [0.29, 0.717) is 0 Å². The predicted octanol–water partition coefficient (Wildman–Crippen LogP) is 3.22. The van der Waals surface area contributed by atoms with E-state index >= 15 is 0 Å². The second-order valence-electron chi connectivity index (χ2n) is 4.24. The number of nitrogens with zero attached hydrogens (tertiary/aromatic N) is 2. The number of hydrogen-bond acceptors (Lipinski definition) is 2. The second kappa shape index (κ2) is 3.10. The summed E-state index contributed by atoms with van der Waals surface area (Å²) in [5.74, 6) is 0. The molecule has 3 aromatic rings. The molecule has 1 aliphatic heterocycles. The number of pyridine rings is 1. The Morgan fingerprint density at radius 2 is 2.12 bits per heavy atom. The van der Waals surface area contributed by atoms with Gasteiger partial charge in [0.1, 0.15) is 0 Å². The largest absolute Gasteiger partial charge is 0.378 e. The molecule has 0 atom stereocenters. The van der Waals surface area contributed by atoms with Crippen molar-refractivity contribution in [2.24, 2.45) is 4.99 Å². The van der Waals surface area contributed by atoms with Crippen LogP contribution in [0, 0.1) is 0 Å². The van der Waals surface area contributed by atoms with Gasteiger partial charge in [0.05, 0.1) is 23.4 Å². The predicted molar refractivity (Wildman–Crippen MR) is 71.5 cm³/mol. The Labute approximate surface area is 98.4 Å². The Kier molecular flexibility index (Phi) is 1.61. The molecular formula is C14H11N3. The van der Waals surface area contributed by atoms with Crippen molar-refractivity contribution in [2.75, 3.05) is 11.9 Å². The van der Waals surface area contributed by atoms with Crippen LogP contribution in [0.4, 0.5) is 11.4 Å². The molecule has 3 heteroatoms. The molecule has 17 heavy (non-hydrogen) atoms. The lowest BCUT2D eigenvalue weighted by Crippen LogP contribution is -2.06. The van der Waals surface area contributed by atoms with Gasteiger partial charge in [0.15, 0.2) is 0 Å². The van der Waals surface area contributed by atoms with Crippen molar-refractivity contribution in [3.63, 3.8) is 0 Å². The van der Waals surface area contributed by atoms with Gasteiger partial charge in [-0.25, -0.2) is 0 Å². The zero-order valence-corrected chi connectivity index (χ0v) is 9.22. The summed E-state index contributed by atoms with van der Waals surface area (Å²) in [5, 5.41) is 5.92. The summed E-state index contributed by atoms with van der Waals surface area (Å²) in [6.45, 7) is 0.804. The lowest BCUT2D eigenvalue weighted by atomic mass is 10.1. The highest BCUT2D eigenvalue weighted by Gasteiger charge is 2.12. The zero-order valence-electron chi connectivity index (χ0n) is 9.22. The average molecular weight is 221 g/mol. The van der Waals surface area contributed by atoms with Gasteiger partial charge in [-0.15, -0.1) is 0 Å². The first-order chi connectivity index (χ1) is 8.43. The molecule has 0 unspecified atom stereocenters. The molecular weight excluding hydrogens is 210 g/mol. The molecule has 3 nitrogen and oxygen atoms in total. The van der Waals surface area contributed by atoms with E-state index in [2.05, 4.69) is 51.4 Å². The van der Waals surface area contributed by atoms with Gasteiger partial charge in [0, 0.05) is 29.4 Å². The summed E-state index contributed by atoms with van der Waals surface area (Å²) in [4.78, 5) is 4.42. The van der Waals surface area contributed by atoms with Crippen molar-refractivity contribution in [2.45, 2.75) is 0 Å². The number of rotatable bonds is 0. The fourth-order valence-electron chi connectivity index (χ4n) is 2.49. The monoisotopic (exact) mass is 221 g/mol. The van der Waals surface area contributed by atoms with Crippen molar-refractivity contribution < 1.29 is 0 Å². The van der Waals surface area contributed by atoms with Crippen LogP contribution < -0.4 is 5.32 Å². The van der Waals surface area contributed by atoms with Gasteiger partial charge in [-0.1, -0.05) is 6.07 Å². The second-order valence-corrected chi connectivity index (χ2v) is 4.24. The Balaban J connectivity index is 2.21. The summed E-state index contributed by atoms with van der Waals surface area (Å²) in [6, 6.07) is 10.5. The van der Waals surface area contributed by atoms with Crippen molar-refractivity contribution in [1.82, 2.24) is 4.40 Å². The average Bonchev–Trinajstić information content (AvgIpc) is 2.78. The van der Waals surface area contributed by atoms with E-state index in [-0.39, 0.29) is 0 Å². The highest BCUT2D eigenvalue weighted by molar-refractivity contribution is 6.08. The third-order valence-electron chi connectivity index (χ3n) is 3.26. The van der Waals surface area contributed by atoms with Crippen LogP contribution in [-0.2, 0) is 0 Å². The Morgan fingerprint density at radius 1 is 1.12 bits per heavy atom. The fraction of sp³-hybridized carbons (Fsp3) is 0.0714. The van der Waals surface area contributed by atoms with Gasteiger partial charge >= 0.3 is 0 Å². The summed E-state index contributed by atoms with van der Waals surface area (Å²) >= 11 is 0. The van der Waals surface area contributed by atoms with E-state index in [4.69, 9.17) is 0 Å². The van der Waals surface area contributed by atoms with Gasteiger partial charge in [0.25, 0.3) is 0 Å². The minimum atomic E-state index is 0.804. The van der Waals surface area contributed by atoms with E-state index in [1.54, 1.807) is 0 Å². The molecule has 0 saturated heterocycles. The molecule has 0 fully saturated rings. The Hall–Kier alpha value is -2.29. The first kappa shape index (κ1) is 8.82. The number of benzene rings is 1.